The van der Waals surface area contributed by atoms with Crippen LogP contribution in [0.2, 0.25) is 0 Å². The zero-order valence-electron chi connectivity index (χ0n) is 8.88. The maximum Gasteiger partial charge on any atom is 0.154 e. The molecule has 2 N–H and O–H groups in total. The van der Waals surface area contributed by atoms with Crippen LogP contribution >= 0.6 is 0 Å². The van der Waals surface area contributed by atoms with Crippen LogP contribution in [0.1, 0.15) is 24.6 Å². The molecule has 4 heteroatoms. The molecule has 4 nitrogen and oxygen atoms in total. The SMILES string of the molecule is Cc1nnc([C@H](C)N)n1-c1ccccc1. The molecular weight excluding hydrogens is 188 g/mol. The molecule has 78 valence electrons. The Balaban J connectivity index is 2.57. The fourth-order valence-electron chi connectivity index (χ4n) is 1.57. The summed E-state index contributed by atoms with van der Waals surface area (Å²) in [6.07, 6.45) is 0. The molecule has 0 spiro atoms. The highest BCUT2D eigenvalue weighted by atomic mass is 15.3. The highest BCUT2D eigenvalue weighted by molar-refractivity contribution is 5.34. The molecule has 1 aromatic carbocycles. The zero-order valence-corrected chi connectivity index (χ0v) is 8.88. The van der Waals surface area contributed by atoms with E-state index in [4.69, 9.17) is 5.73 Å². The predicted molar refractivity (Wildman–Crippen MR) is 58.7 cm³/mol. The van der Waals surface area contributed by atoms with Gasteiger partial charge in [0.15, 0.2) is 5.82 Å². The number of hydrogen-bond acceptors (Lipinski definition) is 3. The van der Waals surface area contributed by atoms with Crippen LogP contribution in [0, 0.1) is 6.92 Å². The lowest BCUT2D eigenvalue weighted by Crippen LogP contribution is -2.13. The summed E-state index contributed by atoms with van der Waals surface area (Å²) in [7, 11) is 0. The molecule has 1 atom stereocenters. The first-order valence-electron chi connectivity index (χ1n) is 4.93. The minimum absolute atomic E-state index is 0.119. The largest absolute Gasteiger partial charge is 0.322 e. The normalized spacial score (nSPS) is 12.7. The number of rotatable bonds is 2. The number of nitrogens with zero attached hydrogens (tertiary/aromatic N) is 3. The van der Waals surface area contributed by atoms with Crippen molar-refractivity contribution in [3.63, 3.8) is 0 Å². The first-order valence-corrected chi connectivity index (χ1v) is 4.93. The maximum absolute atomic E-state index is 5.84. The summed E-state index contributed by atoms with van der Waals surface area (Å²) in [6.45, 7) is 3.83. The van der Waals surface area contributed by atoms with Crippen LogP contribution in [0.4, 0.5) is 0 Å². The minimum atomic E-state index is -0.119. The molecule has 1 aromatic heterocycles. The van der Waals surface area contributed by atoms with Crippen molar-refractivity contribution in [1.82, 2.24) is 14.8 Å². The number of para-hydroxylation sites is 1. The Morgan fingerprint density at radius 3 is 2.47 bits per heavy atom. The van der Waals surface area contributed by atoms with E-state index >= 15 is 0 Å². The number of hydrogen-bond donors (Lipinski definition) is 1. The van der Waals surface area contributed by atoms with E-state index in [1.54, 1.807) is 0 Å². The van der Waals surface area contributed by atoms with Crippen molar-refractivity contribution in [3.05, 3.63) is 42.0 Å². The van der Waals surface area contributed by atoms with Crippen molar-refractivity contribution in [2.24, 2.45) is 5.73 Å². The minimum Gasteiger partial charge on any atom is -0.322 e. The monoisotopic (exact) mass is 202 g/mol. The van der Waals surface area contributed by atoms with Gasteiger partial charge < -0.3 is 5.73 Å². The van der Waals surface area contributed by atoms with Gasteiger partial charge in [0.25, 0.3) is 0 Å². The number of benzene rings is 1. The van der Waals surface area contributed by atoms with Crippen LogP contribution in [0.15, 0.2) is 30.3 Å². The quantitative estimate of drug-likeness (QED) is 0.804. The van der Waals surface area contributed by atoms with E-state index in [-0.39, 0.29) is 6.04 Å². The zero-order chi connectivity index (χ0) is 10.8. The molecule has 2 rings (SSSR count). The van der Waals surface area contributed by atoms with Gasteiger partial charge in [0.2, 0.25) is 0 Å². The Morgan fingerprint density at radius 1 is 1.20 bits per heavy atom. The van der Waals surface area contributed by atoms with Crippen molar-refractivity contribution in [3.8, 4) is 5.69 Å². The van der Waals surface area contributed by atoms with Crippen molar-refractivity contribution in [1.29, 1.82) is 0 Å². The van der Waals surface area contributed by atoms with Crippen LogP contribution < -0.4 is 5.73 Å². The number of aryl methyl sites for hydroxylation is 1. The molecule has 0 aliphatic rings. The van der Waals surface area contributed by atoms with Crippen molar-refractivity contribution in [2.75, 3.05) is 0 Å². The highest BCUT2D eigenvalue weighted by Gasteiger charge is 2.13. The summed E-state index contributed by atoms with van der Waals surface area (Å²) in [5.41, 5.74) is 6.89. The second-order valence-electron chi connectivity index (χ2n) is 3.57. The van der Waals surface area contributed by atoms with Gasteiger partial charge >= 0.3 is 0 Å². The third kappa shape index (κ3) is 1.76. The highest BCUT2D eigenvalue weighted by Crippen LogP contribution is 2.15. The number of nitrogens with two attached hydrogens (primary N) is 1. The third-order valence-corrected chi connectivity index (χ3v) is 2.27. The first-order chi connectivity index (χ1) is 7.20. The molecule has 2 aromatic rings. The topological polar surface area (TPSA) is 56.7 Å². The van der Waals surface area contributed by atoms with Crippen LogP contribution in [-0.4, -0.2) is 14.8 Å². The standard InChI is InChI=1S/C11H14N4/c1-8(12)11-14-13-9(2)15(11)10-6-4-3-5-7-10/h3-8H,12H2,1-2H3/t8-/m0/s1. The molecule has 0 amide bonds. The lowest BCUT2D eigenvalue weighted by Gasteiger charge is -2.10. The summed E-state index contributed by atoms with van der Waals surface area (Å²) in [5, 5.41) is 8.13. The van der Waals surface area contributed by atoms with Crippen LogP contribution in [0.5, 0.6) is 0 Å². The summed E-state index contributed by atoms with van der Waals surface area (Å²) in [4.78, 5) is 0. The fraction of sp³-hybridized carbons (Fsp3) is 0.273. The Kier molecular flexibility index (Phi) is 2.51. The molecule has 15 heavy (non-hydrogen) atoms. The van der Waals surface area contributed by atoms with E-state index in [0.717, 1.165) is 17.3 Å². The lowest BCUT2D eigenvalue weighted by molar-refractivity contribution is 0.712. The Bertz CT molecular complexity index is 445. The molecule has 0 saturated heterocycles. The molecular formula is C11H14N4. The molecule has 0 aliphatic heterocycles. The maximum atomic E-state index is 5.84. The average Bonchev–Trinajstić information content (AvgIpc) is 2.61. The first kappa shape index (κ1) is 9.86. The van der Waals surface area contributed by atoms with Gasteiger partial charge in [0.05, 0.1) is 6.04 Å². The molecule has 0 radical (unpaired) electrons. The summed E-state index contributed by atoms with van der Waals surface area (Å²) >= 11 is 0. The van der Waals surface area contributed by atoms with E-state index in [1.807, 2.05) is 48.7 Å². The fourth-order valence-corrected chi connectivity index (χ4v) is 1.57. The summed E-state index contributed by atoms with van der Waals surface area (Å²) in [5.74, 6) is 1.65. The van der Waals surface area contributed by atoms with Crippen molar-refractivity contribution in [2.45, 2.75) is 19.9 Å². The van der Waals surface area contributed by atoms with Crippen LogP contribution in [-0.2, 0) is 0 Å². The van der Waals surface area contributed by atoms with Crippen LogP contribution in [0.25, 0.3) is 5.69 Å². The number of aromatic nitrogens is 3. The predicted octanol–water partition coefficient (Wildman–Crippen LogP) is 1.60. The third-order valence-electron chi connectivity index (χ3n) is 2.27. The van der Waals surface area contributed by atoms with E-state index in [2.05, 4.69) is 10.2 Å². The van der Waals surface area contributed by atoms with Crippen LogP contribution in [0.3, 0.4) is 0 Å². The van der Waals surface area contributed by atoms with Gasteiger partial charge in [-0.2, -0.15) is 0 Å². The molecule has 0 fully saturated rings. The van der Waals surface area contributed by atoms with Gasteiger partial charge in [-0.05, 0) is 26.0 Å². The molecule has 0 saturated carbocycles. The summed E-state index contributed by atoms with van der Waals surface area (Å²) < 4.78 is 1.98. The Hall–Kier alpha value is -1.68. The molecule has 1 heterocycles. The van der Waals surface area contributed by atoms with Gasteiger partial charge in [0, 0.05) is 5.69 Å². The van der Waals surface area contributed by atoms with E-state index < -0.39 is 0 Å². The van der Waals surface area contributed by atoms with Gasteiger partial charge in [0.1, 0.15) is 5.82 Å². The van der Waals surface area contributed by atoms with Gasteiger partial charge in [-0.25, -0.2) is 0 Å². The van der Waals surface area contributed by atoms with Crippen molar-refractivity contribution < 1.29 is 0 Å². The molecule has 0 aliphatic carbocycles. The van der Waals surface area contributed by atoms with Gasteiger partial charge in [-0.15, -0.1) is 10.2 Å². The molecule has 0 bridgehead atoms. The van der Waals surface area contributed by atoms with E-state index in [9.17, 15) is 0 Å². The lowest BCUT2D eigenvalue weighted by atomic mass is 10.3. The Labute approximate surface area is 88.8 Å². The summed E-state index contributed by atoms with van der Waals surface area (Å²) in [6, 6.07) is 9.87. The molecule has 0 unspecified atom stereocenters. The second kappa shape index (κ2) is 3.82. The Morgan fingerprint density at radius 2 is 1.87 bits per heavy atom. The second-order valence-corrected chi connectivity index (χ2v) is 3.57. The van der Waals surface area contributed by atoms with Gasteiger partial charge in [-0.3, -0.25) is 4.57 Å². The van der Waals surface area contributed by atoms with Crippen molar-refractivity contribution >= 4 is 0 Å². The van der Waals surface area contributed by atoms with Gasteiger partial charge in [-0.1, -0.05) is 18.2 Å². The van der Waals surface area contributed by atoms with E-state index in [0.29, 0.717) is 0 Å². The average molecular weight is 202 g/mol. The smallest absolute Gasteiger partial charge is 0.154 e. The van der Waals surface area contributed by atoms with E-state index in [1.165, 1.54) is 0 Å².